The van der Waals surface area contributed by atoms with Gasteiger partial charge >= 0.3 is 6.61 Å². The largest absolute Gasteiger partial charge is 0.434 e. The predicted octanol–water partition coefficient (Wildman–Crippen LogP) is 3.74. The second-order valence-electron chi connectivity index (χ2n) is 5.55. The molecule has 1 aromatic carbocycles. The van der Waals surface area contributed by atoms with Crippen LogP contribution in [0.4, 0.5) is 8.78 Å². The van der Waals surface area contributed by atoms with Crippen molar-refractivity contribution in [1.29, 1.82) is 0 Å². The van der Waals surface area contributed by atoms with Crippen molar-refractivity contribution >= 4 is 0 Å². The molecular formula is C14H19F2NO. The molecule has 2 rings (SSSR count). The molecule has 0 bridgehead atoms. The Balaban J connectivity index is 2.07. The molecule has 0 aromatic heterocycles. The summed E-state index contributed by atoms with van der Waals surface area (Å²) in [5.74, 6) is 0.256. The molecule has 2 nitrogen and oxygen atoms in total. The van der Waals surface area contributed by atoms with Crippen LogP contribution in [-0.2, 0) is 0 Å². The van der Waals surface area contributed by atoms with E-state index < -0.39 is 6.61 Å². The molecule has 0 saturated heterocycles. The zero-order chi connectivity index (χ0) is 13.3. The van der Waals surface area contributed by atoms with E-state index in [4.69, 9.17) is 0 Å². The van der Waals surface area contributed by atoms with E-state index in [0.29, 0.717) is 11.5 Å². The molecule has 0 aliphatic heterocycles. The normalized spacial score (nSPS) is 22.9. The summed E-state index contributed by atoms with van der Waals surface area (Å²) in [6, 6.07) is 7.40. The summed E-state index contributed by atoms with van der Waals surface area (Å²) >= 11 is 0. The maximum atomic E-state index is 12.3. The van der Waals surface area contributed by atoms with E-state index in [0.717, 1.165) is 12.0 Å². The molecule has 0 amide bonds. The fourth-order valence-corrected chi connectivity index (χ4v) is 2.18. The van der Waals surface area contributed by atoms with Crippen LogP contribution in [0.15, 0.2) is 24.3 Å². The lowest BCUT2D eigenvalue weighted by Gasteiger charge is -2.19. The Hall–Kier alpha value is -1.16. The highest BCUT2D eigenvalue weighted by atomic mass is 19.3. The zero-order valence-electron chi connectivity index (χ0n) is 10.9. The number of hydrogen-bond acceptors (Lipinski definition) is 2. The molecule has 1 N–H and O–H groups in total. The maximum absolute atomic E-state index is 12.3. The third-order valence-corrected chi connectivity index (χ3v) is 3.57. The van der Waals surface area contributed by atoms with Gasteiger partial charge in [-0.1, -0.05) is 32.0 Å². The third kappa shape index (κ3) is 2.99. The van der Waals surface area contributed by atoms with Crippen molar-refractivity contribution in [2.45, 2.75) is 45.9 Å². The molecule has 2 unspecified atom stereocenters. The second kappa shape index (κ2) is 4.84. The van der Waals surface area contributed by atoms with Gasteiger partial charge in [0.15, 0.2) is 0 Å². The number of para-hydroxylation sites is 1. The summed E-state index contributed by atoms with van der Waals surface area (Å²) in [7, 11) is 0. The Kier molecular flexibility index (Phi) is 3.57. The average Bonchev–Trinajstić information content (AvgIpc) is 2.85. The second-order valence-corrected chi connectivity index (χ2v) is 5.55. The SMILES string of the molecule is CC(NC1CC1(C)C)c1ccccc1OC(F)F. The molecule has 0 spiro atoms. The number of hydrogen-bond donors (Lipinski definition) is 1. The molecule has 100 valence electrons. The minimum Gasteiger partial charge on any atom is -0.434 e. The van der Waals surface area contributed by atoms with Crippen molar-refractivity contribution in [3.8, 4) is 5.75 Å². The highest BCUT2D eigenvalue weighted by Crippen LogP contribution is 2.46. The van der Waals surface area contributed by atoms with Crippen molar-refractivity contribution in [2.24, 2.45) is 5.41 Å². The number of nitrogens with one attached hydrogen (secondary N) is 1. The minimum atomic E-state index is -2.78. The fourth-order valence-electron chi connectivity index (χ4n) is 2.18. The van der Waals surface area contributed by atoms with Gasteiger partial charge in [0.2, 0.25) is 0 Å². The Morgan fingerprint density at radius 1 is 1.33 bits per heavy atom. The van der Waals surface area contributed by atoms with Gasteiger partial charge in [-0.15, -0.1) is 0 Å². The van der Waals surface area contributed by atoms with Gasteiger partial charge in [-0.2, -0.15) is 8.78 Å². The number of benzene rings is 1. The molecule has 18 heavy (non-hydrogen) atoms. The Morgan fingerprint density at radius 2 is 1.94 bits per heavy atom. The molecule has 1 fully saturated rings. The van der Waals surface area contributed by atoms with Gasteiger partial charge in [0, 0.05) is 17.6 Å². The van der Waals surface area contributed by atoms with Gasteiger partial charge in [-0.25, -0.2) is 0 Å². The first-order valence-electron chi connectivity index (χ1n) is 6.20. The van der Waals surface area contributed by atoms with Crippen LogP contribution < -0.4 is 10.1 Å². The lowest BCUT2D eigenvalue weighted by Crippen LogP contribution is -2.24. The van der Waals surface area contributed by atoms with E-state index in [9.17, 15) is 8.78 Å². The summed E-state index contributed by atoms with van der Waals surface area (Å²) in [4.78, 5) is 0. The highest BCUT2D eigenvalue weighted by Gasteiger charge is 2.46. The summed E-state index contributed by atoms with van der Waals surface area (Å²) in [5, 5.41) is 3.45. The summed E-state index contributed by atoms with van der Waals surface area (Å²) in [6.07, 6.45) is 1.12. The van der Waals surface area contributed by atoms with Crippen LogP contribution in [0.1, 0.15) is 38.8 Å². The van der Waals surface area contributed by atoms with Crippen LogP contribution in [0, 0.1) is 5.41 Å². The van der Waals surface area contributed by atoms with Gasteiger partial charge in [-0.05, 0) is 24.8 Å². The van der Waals surface area contributed by atoms with Crippen LogP contribution in [0.2, 0.25) is 0 Å². The first kappa shape index (κ1) is 13.3. The minimum absolute atomic E-state index is 0.00623. The topological polar surface area (TPSA) is 21.3 Å². The number of halogens is 2. The molecule has 1 aromatic rings. The maximum Gasteiger partial charge on any atom is 0.387 e. The molecule has 1 aliphatic rings. The lowest BCUT2D eigenvalue weighted by atomic mass is 10.1. The van der Waals surface area contributed by atoms with Crippen molar-refractivity contribution in [3.05, 3.63) is 29.8 Å². The summed E-state index contributed by atoms with van der Waals surface area (Å²) < 4.78 is 29.2. The lowest BCUT2D eigenvalue weighted by molar-refractivity contribution is -0.0506. The van der Waals surface area contributed by atoms with Gasteiger partial charge in [-0.3, -0.25) is 0 Å². The fraction of sp³-hybridized carbons (Fsp3) is 0.571. The Bertz CT molecular complexity index is 420. The smallest absolute Gasteiger partial charge is 0.387 e. The quantitative estimate of drug-likeness (QED) is 0.865. The Labute approximate surface area is 106 Å². The molecule has 0 heterocycles. The monoisotopic (exact) mass is 255 g/mol. The third-order valence-electron chi connectivity index (χ3n) is 3.57. The van der Waals surface area contributed by atoms with Crippen LogP contribution in [0.3, 0.4) is 0 Å². The van der Waals surface area contributed by atoms with E-state index in [1.807, 2.05) is 19.1 Å². The van der Waals surface area contributed by atoms with Crippen molar-refractivity contribution < 1.29 is 13.5 Å². The highest BCUT2D eigenvalue weighted by molar-refractivity contribution is 5.36. The molecular weight excluding hydrogens is 236 g/mol. The van der Waals surface area contributed by atoms with E-state index in [-0.39, 0.29) is 11.8 Å². The number of rotatable bonds is 5. The van der Waals surface area contributed by atoms with Gasteiger partial charge in [0.1, 0.15) is 5.75 Å². The molecule has 0 radical (unpaired) electrons. The predicted molar refractivity (Wildman–Crippen MR) is 66.8 cm³/mol. The summed E-state index contributed by atoms with van der Waals surface area (Å²) in [5.41, 5.74) is 1.09. The van der Waals surface area contributed by atoms with Crippen molar-refractivity contribution in [2.75, 3.05) is 0 Å². The van der Waals surface area contributed by atoms with Crippen molar-refractivity contribution in [1.82, 2.24) is 5.32 Å². The van der Waals surface area contributed by atoms with E-state index in [1.165, 1.54) is 0 Å². The van der Waals surface area contributed by atoms with Gasteiger partial charge in [0.25, 0.3) is 0 Å². The van der Waals surface area contributed by atoms with Gasteiger partial charge < -0.3 is 10.1 Å². The van der Waals surface area contributed by atoms with Crippen LogP contribution >= 0.6 is 0 Å². The zero-order valence-corrected chi connectivity index (χ0v) is 10.9. The van der Waals surface area contributed by atoms with Crippen LogP contribution in [-0.4, -0.2) is 12.7 Å². The van der Waals surface area contributed by atoms with Gasteiger partial charge in [0.05, 0.1) is 0 Å². The van der Waals surface area contributed by atoms with E-state index in [1.54, 1.807) is 12.1 Å². The van der Waals surface area contributed by atoms with Crippen LogP contribution in [0.5, 0.6) is 5.75 Å². The molecule has 1 aliphatic carbocycles. The number of ether oxygens (including phenoxy) is 1. The number of alkyl halides is 2. The first-order valence-corrected chi connectivity index (χ1v) is 6.20. The van der Waals surface area contributed by atoms with Crippen molar-refractivity contribution in [3.63, 3.8) is 0 Å². The molecule has 1 saturated carbocycles. The standard InChI is InChI=1S/C14H19F2NO/c1-9(17-12-8-14(12,2)3)10-6-4-5-7-11(10)18-13(15)16/h4-7,9,12-13,17H,8H2,1-3H3. The average molecular weight is 255 g/mol. The van der Waals surface area contributed by atoms with E-state index >= 15 is 0 Å². The Morgan fingerprint density at radius 3 is 2.50 bits per heavy atom. The van der Waals surface area contributed by atoms with Crippen LogP contribution in [0.25, 0.3) is 0 Å². The first-order chi connectivity index (χ1) is 8.40. The summed E-state index contributed by atoms with van der Waals surface area (Å²) in [6.45, 7) is 3.58. The molecule has 4 heteroatoms. The molecule has 2 atom stereocenters. The van der Waals surface area contributed by atoms with E-state index in [2.05, 4.69) is 23.9 Å².